The molecule has 1 aliphatic carbocycles. The molecule has 4 heteroatoms. The van der Waals surface area contributed by atoms with Gasteiger partial charge in [0.15, 0.2) is 11.5 Å². The topological polar surface area (TPSA) is 44.5 Å². The molecule has 1 fully saturated rings. The van der Waals surface area contributed by atoms with Crippen LogP contribution in [-0.2, 0) is 6.42 Å². The monoisotopic (exact) mass is 341 g/mol. The van der Waals surface area contributed by atoms with Crippen molar-refractivity contribution in [2.45, 2.75) is 51.0 Å². The summed E-state index contributed by atoms with van der Waals surface area (Å²) in [5, 5.41) is 0. The minimum absolute atomic E-state index is 0.343. The van der Waals surface area contributed by atoms with E-state index in [4.69, 9.17) is 15.2 Å². The largest absolute Gasteiger partial charge is 0.492 e. The fourth-order valence-electron chi connectivity index (χ4n) is 2.71. The van der Waals surface area contributed by atoms with Crippen molar-refractivity contribution in [2.75, 3.05) is 13.7 Å². The van der Waals surface area contributed by atoms with Gasteiger partial charge in [-0.1, -0.05) is 0 Å². The first-order valence-electron chi connectivity index (χ1n) is 7.47. The standard InChI is InChI=1S/C16H24BrNO2/c1-19-16-14(17)10-12(6-4-5-9-18)11-15(16)20-13-7-2-3-8-13/h10-11,13H,2-9,18H2,1H3. The van der Waals surface area contributed by atoms with Gasteiger partial charge in [-0.2, -0.15) is 0 Å². The third-order valence-electron chi connectivity index (χ3n) is 3.79. The average Bonchev–Trinajstić information content (AvgIpc) is 2.92. The summed E-state index contributed by atoms with van der Waals surface area (Å²) in [5.74, 6) is 1.68. The molecule has 0 unspecified atom stereocenters. The maximum atomic E-state index is 6.15. The average molecular weight is 342 g/mol. The second-order valence-corrected chi connectivity index (χ2v) is 6.23. The van der Waals surface area contributed by atoms with Crippen LogP contribution in [0.25, 0.3) is 0 Å². The first-order valence-corrected chi connectivity index (χ1v) is 8.27. The zero-order valence-electron chi connectivity index (χ0n) is 12.2. The number of halogens is 1. The van der Waals surface area contributed by atoms with E-state index in [1.807, 2.05) is 0 Å². The van der Waals surface area contributed by atoms with E-state index < -0.39 is 0 Å². The van der Waals surface area contributed by atoms with Crippen LogP contribution in [0.1, 0.15) is 44.1 Å². The van der Waals surface area contributed by atoms with Gasteiger partial charge in [0.1, 0.15) is 0 Å². The summed E-state index contributed by atoms with van der Waals surface area (Å²) < 4.78 is 12.6. The molecule has 2 rings (SSSR count). The van der Waals surface area contributed by atoms with Crippen molar-refractivity contribution in [3.63, 3.8) is 0 Å². The molecule has 112 valence electrons. The van der Waals surface area contributed by atoms with Crippen LogP contribution in [-0.4, -0.2) is 19.8 Å². The Labute approximate surface area is 130 Å². The number of methoxy groups -OCH3 is 1. The van der Waals surface area contributed by atoms with Crippen LogP contribution in [0.5, 0.6) is 11.5 Å². The van der Waals surface area contributed by atoms with Crippen LogP contribution in [0, 0.1) is 0 Å². The molecular weight excluding hydrogens is 318 g/mol. The van der Waals surface area contributed by atoms with E-state index in [1.54, 1.807) is 7.11 Å². The summed E-state index contributed by atoms with van der Waals surface area (Å²) in [4.78, 5) is 0. The van der Waals surface area contributed by atoms with Gasteiger partial charge < -0.3 is 15.2 Å². The van der Waals surface area contributed by atoms with Crippen LogP contribution in [0.4, 0.5) is 0 Å². The van der Waals surface area contributed by atoms with Crippen molar-refractivity contribution >= 4 is 15.9 Å². The lowest BCUT2D eigenvalue weighted by Gasteiger charge is -2.18. The summed E-state index contributed by atoms with van der Waals surface area (Å²) in [7, 11) is 1.69. The number of hydrogen-bond donors (Lipinski definition) is 1. The molecule has 0 saturated heterocycles. The molecule has 2 N–H and O–H groups in total. The maximum Gasteiger partial charge on any atom is 0.174 e. The van der Waals surface area contributed by atoms with Gasteiger partial charge in [-0.05, 0) is 85.1 Å². The van der Waals surface area contributed by atoms with Gasteiger partial charge in [0, 0.05) is 0 Å². The summed E-state index contributed by atoms with van der Waals surface area (Å²) in [5.41, 5.74) is 6.83. The summed E-state index contributed by atoms with van der Waals surface area (Å²) in [6.07, 6.45) is 8.38. The first kappa shape index (κ1) is 15.6. The van der Waals surface area contributed by atoms with Gasteiger partial charge in [-0.15, -0.1) is 0 Å². The molecule has 1 aliphatic rings. The number of aryl methyl sites for hydroxylation is 1. The molecule has 0 atom stereocenters. The lowest BCUT2D eigenvalue weighted by atomic mass is 10.1. The highest BCUT2D eigenvalue weighted by Crippen LogP contribution is 2.38. The SMILES string of the molecule is COc1c(Br)cc(CCCCN)cc1OC1CCCC1. The molecule has 0 heterocycles. The van der Waals surface area contributed by atoms with Crippen LogP contribution in [0.2, 0.25) is 0 Å². The Balaban J connectivity index is 2.12. The molecule has 0 spiro atoms. The van der Waals surface area contributed by atoms with E-state index in [9.17, 15) is 0 Å². The maximum absolute atomic E-state index is 6.15. The Hall–Kier alpha value is -0.740. The lowest BCUT2D eigenvalue weighted by molar-refractivity contribution is 0.200. The van der Waals surface area contributed by atoms with Gasteiger partial charge >= 0.3 is 0 Å². The highest BCUT2D eigenvalue weighted by atomic mass is 79.9. The van der Waals surface area contributed by atoms with Crippen LogP contribution in [0.15, 0.2) is 16.6 Å². The Morgan fingerprint density at radius 3 is 2.65 bits per heavy atom. The van der Waals surface area contributed by atoms with E-state index in [1.165, 1.54) is 18.4 Å². The highest BCUT2D eigenvalue weighted by molar-refractivity contribution is 9.10. The predicted octanol–water partition coefficient (Wildman–Crippen LogP) is 4.06. The molecule has 0 aromatic heterocycles. The van der Waals surface area contributed by atoms with Crippen molar-refractivity contribution in [2.24, 2.45) is 5.73 Å². The molecule has 1 saturated carbocycles. The molecule has 1 aromatic rings. The molecule has 0 bridgehead atoms. The Kier molecular flexibility index (Phi) is 6.17. The zero-order valence-corrected chi connectivity index (χ0v) is 13.7. The Morgan fingerprint density at radius 1 is 1.25 bits per heavy atom. The fourth-order valence-corrected chi connectivity index (χ4v) is 3.36. The van der Waals surface area contributed by atoms with Gasteiger partial charge in [-0.3, -0.25) is 0 Å². The molecule has 0 aliphatic heterocycles. The smallest absolute Gasteiger partial charge is 0.174 e. The number of ether oxygens (including phenoxy) is 2. The zero-order chi connectivity index (χ0) is 14.4. The number of hydrogen-bond acceptors (Lipinski definition) is 3. The van der Waals surface area contributed by atoms with E-state index in [-0.39, 0.29) is 0 Å². The van der Waals surface area contributed by atoms with Crippen molar-refractivity contribution in [3.8, 4) is 11.5 Å². The lowest BCUT2D eigenvalue weighted by Crippen LogP contribution is -2.12. The van der Waals surface area contributed by atoms with Crippen molar-refractivity contribution in [3.05, 3.63) is 22.2 Å². The van der Waals surface area contributed by atoms with E-state index in [0.717, 1.165) is 54.6 Å². The van der Waals surface area contributed by atoms with E-state index >= 15 is 0 Å². The molecule has 20 heavy (non-hydrogen) atoms. The number of unbranched alkanes of at least 4 members (excludes halogenated alkanes) is 1. The second-order valence-electron chi connectivity index (χ2n) is 5.38. The van der Waals surface area contributed by atoms with E-state index in [0.29, 0.717) is 6.10 Å². The van der Waals surface area contributed by atoms with Crippen LogP contribution in [0.3, 0.4) is 0 Å². The molecular formula is C16H24BrNO2. The molecule has 0 amide bonds. The second kappa shape index (κ2) is 7.89. The van der Waals surface area contributed by atoms with Crippen LogP contribution < -0.4 is 15.2 Å². The number of nitrogens with two attached hydrogens (primary N) is 1. The first-order chi connectivity index (χ1) is 9.74. The summed E-state index contributed by atoms with van der Waals surface area (Å²) >= 11 is 3.59. The third-order valence-corrected chi connectivity index (χ3v) is 4.38. The molecule has 0 radical (unpaired) electrons. The minimum atomic E-state index is 0.343. The van der Waals surface area contributed by atoms with Gasteiger partial charge in [0.2, 0.25) is 0 Å². The van der Waals surface area contributed by atoms with Crippen LogP contribution >= 0.6 is 15.9 Å². The van der Waals surface area contributed by atoms with Gasteiger partial charge in [-0.25, -0.2) is 0 Å². The summed E-state index contributed by atoms with van der Waals surface area (Å²) in [6.45, 7) is 0.753. The van der Waals surface area contributed by atoms with Gasteiger partial charge in [0.05, 0.1) is 17.7 Å². The van der Waals surface area contributed by atoms with Crippen molar-refractivity contribution in [1.29, 1.82) is 0 Å². The van der Waals surface area contributed by atoms with Crippen molar-refractivity contribution < 1.29 is 9.47 Å². The highest BCUT2D eigenvalue weighted by Gasteiger charge is 2.20. The van der Waals surface area contributed by atoms with E-state index in [2.05, 4.69) is 28.1 Å². The van der Waals surface area contributed by atoms with Gasteiger partial charge in [0.25, 0.3) is 0 Å². The van der Waals surface area contributed by atoms with Crippen molar-refractivity contribution in [1.82, 2.24) is 0 Å². The molecule has 3 nitrogen and oxygen atoms in total. The quantitative estimate of drug-likeness (QED) is 0.760. The third kappa shape index (κ3) is 4.13. The number of rotatable bonds is 7. The fraction of sp³-hybridized carbons (Fsp3) is 0.625. The normalized spacial score (nSPS) is 15.6. The Morgan fingerprint density at radius 2 is 2.00 bits per heavy atom. The number of benzene rings is 1. The minimum Gasteiger partial charge on any atom is -0.492 e. The molecule has 1 aromatic carbocycles. The predicted molar refractivity (Wildman–Crippen MR) is 85.6 cm³/mol. The summed E-state index contributed by atoms with van der Waals surface area (Å²) in [6, 6.07) is 4.25. The Bertz CT molecular complexity index is 431.